The van der Waals surface area contributed by atoms with E-state index in [1.54, 1.807) is 32.9 Å². The molecule has 0 saturated heterocycles. The maximum atomic E-state index is 12.5. The molecule has 186 valence electrons. The Labute approximate surface area is 193 Å². The Morgan fingerprint density at radius 3 is 1.76 bits per heavy atom. The molecule has 33 heavy (non-hydrogen) atoms. The van der Waals surface area contributed by atoms with Crippen LogP contribution in [0.1, 0.15) is 79.0 Å². The van der Waals surface area contributed by atoms with Crippen molar-refractivity contribution in [2.24, 2.45) is 0 Å². The molecule has 0 heterocycles. The maximum absolute atomic E-state index is 12.5. The molecule has 0 N–H and O–H groups in total. The molecule has 0 aliphatic rings. The van der Waals surface area contributed by atoms with Gasteiger partial charge in [0, 0.05) is 17.5 Å². The van der Waals surface area contributed by atoms with Gasteiger partial charge >= 0.3 is 6.16 Å². The Hall–Kier alpha value is -3.11. The zero-order valence-electron chi connectivity index (χ0n) is 20.7. The fraction of sp³-hybridized carbons (Fsp3) is 0.682. The Balaban J connectivity index is 3.55. The molecule has 0 aliphatic carbocycles. The average Bonchev–Trinajstić information content (AvgIpc) is 2.56. The molecule has 0 amide bonds. The van der Waals surface area contributed by atoms with Crippen LogP contribution in [-0.2, 0) is 31.7 Å². The lowest BCUT2D eigenvalue weighted by molar-refractivity contribution is -0.789. The number of benzene rings is 1. The number of carbonyl (C=O) groups excluding carboxylic acids is 1. The van der Waals surface area contributed by atoms with Crippen molar-refractivity contribution in [1.29, 1.82) is 0 Å². The van der Waals surface area contributed by atoms with E-state index < -0.39 is 45.5 Å². The number of carbonyl (C=O) groups is 1. The van der Waals surface area contributed by atoms with Crippen LogP contribution in [0.5, 0.6) is 5.75 Å². The molecule has 1 aromatic carbocycles. The predicted molar refractivity (Wildman–Crippen MR) is 119 cm³/mol. The molecule has 0 aliphatic heterocycles. The molecular weight excluding hydrogens is 436 g/mol. The summed E-state index contributed by atoms with van der Waals surface area (Å²) in [6, 6.07) is 3.49. The summed E-state index contributed by atoms with van der Waals surface area (Å²) in [6.45, 7) is 16.2. The van der Waals surface area contributed by atoms with E-state index in [0.29, 0.717) is 22.4 Å². The Bertz CT molecular complexity index is 842. The molecule has 0 spiro atoms. The summed E-state index contributed by atoms with van der Waals surface area (Å²) in [4.78, 5) is 42.8. The molecule has 0 bridgehead atoms. The van der Waals surface area contributed by atoms with Gasteiger partial charge in [-0.2, -0.15) is 0 Å². The van der Waals surface area contributed by atoms with Crippen LogP contribution in [0.4, 0.5) is 4.79 Å². The van der Waals surface area contributed by atoms with E-state index in [4.69, 9.17) is 9.47 Å². The van der Waals surface area contributed by atoms with E-state index in [9.17, 15) is 25.0 Å². The molecule has 11 heteroatoms. The zero-order valence-corrected chi connectivity index (χ0v) is 20.7. The van der Waals surface area contributed by atoms with Crippen molar-refractivity contribution in [3.63, 3.8) is 0 Å². The second-order valence-electron chi connectivity index (χ2n) is 10.8. The van der Waals surface area contributed by atoms with Crippen molar-refractivity contribution in [3.05, 3.63) is 49.1 Å². The highest BCUT2D eigenvalue weighted by Gasteiger charge is 2.31. The second-order valence-corrected chi connectivity index (χ2v) is 10.8. The van der Waals surface area contributed by atoms with Crippen LogP contribution in [0, 0.1) is 20.2 Å². The van der Waals surface area contributed by atoms with Gasteiger partial charge in [-0.05, 0) is 37.2 Å². The van der Waals surface area contributed by atoms with Gasteiger partial charge in [0.2, 0.25) is 0 Å². The van der Waals surface area contributed by atoms with Gasteiger partial charge in [0.15, 0.2) is 0 Å². The van der Waals surface area contributed by atoms with E-state index in [1.807, 2.05) is 41.5 Å². The Morgan fingerprint density at radius 2 is 1.39 bits per heavy atom. The van der Waals surface area contributed by atoms with Gasteiger partial charge in [-0.1, -0.05) is 53.7 Å². The van der Waals surface area contributed by atoms with Crippen molar-refractivity contribution in [1.82, 2.24) is 0 Å². The second kappa shape index (κ2) is 10.2. The van der Waals surface area contributed by atoms with Gasteiger partial charge in [0.05, 0.1) is 0 Å². The van der Waals surface area contributed by atoms with Crippen LogP contribution in [-0.4, -0.2) is 34.6 Å². The van der Waals surface area contributed by atoms with E-state index in [-0.39, 0.29) is 6.42 Å². The normalized spacial score (nSPS) is 13.1. The minimum absolute atomic E-state index is 0.0340. The van der Waals surface area contributed by atoms with Gasteiger partial charge in [0.1, 0.15) is 24.1 Å². The first kappa shape index (κ1) is 27.9. The third kappa shape index (κ3) is 9.50. The number of hydrogen-bond donors (Lipinski definition) is 0. The first-order valence-corrected chi connectivity index (χ1v) is 10.5. The molecule has 0 radical (unpaired) electrons. The first-order valence-electron chi connectivity index (χ1n) is 10.5. The topological polar surface area (TPSA) is 140 Å². The van der Waals surface area contributed by atoms with Crippen LogP contribution in [0.3, 0.4) is 0 Å². The Morgan fingerprint density at radius 1 is 0.909 bits per heavy atom. The van der Waals surface area contributed by atoms with Crippen molar-refractivity contribution in [2.45, 2.75) is 91.3 Å². The fourth-order valence-electron chi connectivity index (χ4n) is 3.04. The maximum Gasteiger partial charge on any atom is 0.514 e. The molecule has 0 fully saturated rings. The first-order chi connectivity index (χ1) is 14.8. The molecule has 1 rings (SSSR count). The van der Waals surface area contributed by atoms with Crippen molar-refractivity contribution in [3.8, 4) is 5.75 Å². The molecule has 1 atom stereocenters. The highest BCUT2D eigenvalue weighted by molar-refractivity contribution is 5.67. The van der Waals surface area contributed by atoms with Gasteiger partial charge in [0.25, 0.3) is 10.2 Å². The lowest BCUT2D eigenvalue weighted by atomic mass is 9.78. The van der Waals surface area contributed by atoms with Crippen LogP contribution < -0.4 is 4.74 Å². The monoisotopic (exact) mass is 470 g/mol. The van der Waals surface area contributed by atoms with Crippen LogP contribution in [0.2, 0.25) is 0 Å². The minimum atomic E-state index is -1.20. The Kier molecular flexibility index (Phi) is 8.65. The summed E-state index contributed by atoms with van der Waals surface area (Å²) in [6.07, 6.45) is -2.09. The number of ether oxygens (including phenoxy) is 2. The average molecular weight is 471 g/mol. The van der Waals surface area contributed by atoms with Crippen LogP contribution >= 0.6 is 0 Å². The summed E-state index contributed by atoms with van der Waals surface area (Å²) in [5.41, 5.74) is 0.246. The molecule has 1 aromatic rings. The predicted octanol–water partition coefficient (Wildman–Crippen LogP) is 4.92. The SMILES string of the molecule is CC(C)(C)OC(=O)Oc1c(C(C)(C)C)cc(CC(CO[N+](=O)[O-])O[N+](=O)[O-])cc1C(C)(C)C. The summed E-state index contributed by atoms with van der Waals surface area (Å²) in [5, 5.41) is 19.4. The molecule has 0 aromatic heterocycles. The number of hydrogen-bond acceptors (Lipinski definition) is 9. The standard InChI is InChI=1S/C22H34N2O9/c1-20(2,3)16-11-14(10-15(33-24(28)29)13-30-23(26)27)12-17(21(4,5)6)18(16)31-19(25)32-22(7,8)9/h11-12,15H,10,13H2,1-9H3. The summed E-state index contributed by atoms with van der Waals surface area (Å²) in [7, 11) is 0. The minimum Gasteiger partial charge on any atom is -0.428 e. The largest absolute Gasteiger partial charge is 0.514 e. The van der Waals surface area contributed by atoms with E-state index in [2.05, 4.69) is 9.68 Å². The molecule has 0 saturated carbocycles. The summed E-state index contributed by atoms with van der Waals surface area (Å²) in [5.74, 6) is 0.348. The lowest BCUT2D eigenvalue weighted by Gasteiger charge is -2.31. The van der Waals surface area contributed by atoms with E-state index in [1.165, 1.54) is 0 Å². The van der Waals surface area contributed by atoms with Crippen molar-refractivity contribution >= 4 is 6.16 Å². The summed E-state index contributed by atoms with van der Waals surface area (Å²) < 4.78 is 11.0. The van der Waals surface area contributed by atoms with Gasteiger partial charge in [-0.25, -0.2) is 4.79 Å². The fourth-order valence-corrected chi connectivity index (χ4v) is 3.04. The van der Waals surface area contributed by atoms with Crippen molar-refractivity contribution < 1.29 is 34.1 Å². The van der Waals surface area contributed by atoms with Crippen LogP contribution in [0.15, 0.2) is 12.1 Å². The van der Waals surface area contributed by atoms with E-state index >= 15 is 0 Å². The molecule has 11 nitrogen and oxygen atoms in total. The summed E-state index contributed by atoms with van der Waals surface area (Å²) >= 11 is 0. The smallest absolute Gasteiger partial charge is 0.428 e. The third-order valence-electron chi connectivity index (χ3n) is 4.40. The van der Waals surface area contributed by atoms with Crippen molar-refractivity contribution in [2.75, 3.05) is 6.61 Å². The molecular formula is C22H34N2O9. The lowest BCUT2D eigenvalue weighted by Crippen LogP contribution is -2.29. The zero-order chi connectivity index (χ0) is 25.8. The highest BCUT2D eigenvalue weighted by atomic mass is 17.0. The highest BCUT2D eigenvalue weighted by Crippen LogP contribution is 2.41. The number of nitrogens with zero attached hydrogens (tertiary/aromatic N) is 2. The van der Waals surface area contributed by atoms with Gasteiger partial charge < -0.3 is 19.1 Å². The number of rotatable bonds is 8. The van der Waals surface area contributed by atoms with Crippen LogP contribution in [0.25, 0.3) is 0 Å². The third-order valence-corrected chi connectivity index (χ3v) is 4.40. The quantitative estimate of drug-likeness (QED) is 0.224. The molecule has 1 unspecified atom stereocenters. The van der Waals surface area contributed by atoms with Gasteiger partial charge in [-0.15, -0.1) is 20.2 Å². The van der Waals surface area contributed by atoms with E-state index in [0.717, 1.165) is 0 Å². The van der Waals surface area contributed by atoms with Gasteiger partial charge in [-0.3, -0.25) is 0 Å².